The van der Waals surface area contributed by atoms with Crippen molar-refractivity contribution in [3.63, 3.8) is 0 Å². The largest absolute Gasteiger partial charge is 0.342 e. The Morgan fingerprint density at radius 1 is 0.750 bits per heavy atom. The molecule has 0 amide bonds. The number of aryl methyl sites for hydroxylation is 2. The molecule has 0 saturated carbocycles. The molecule has 0 unspecified atom stereocenters. The minimum Gasteiger partial charge on any atom is -0.342 e. The van der Waals surface area contributed by atoms with Gasteiger partial charge in [0.25, 0.3) is 0 Å². The Balaban J connectivity index is 1.31. The third-order valence-electron chi connectivity index (χ3n) is 4.84. The maximum atomic E-state index is 4.65. The van der Waals surface area contributed by atoms with E-state index < -0.39 is 0 Å². The molecule has 0 fully saturated rings. The monoisotopic (exact) mass is 366 g/mol. The summed E-state index contributed by atoms with van der Waals surface area (Å²) >= 11 is 0. The van der Waals surface area contributed by atoms with Crippen LogP contribution in [0.4, 0.5) is 0 Å². The Hall–Kier alpha value is -3.80. The zero-order chi connectivity index (χ0) is 18.8. The lowest BCUT2D eigenvalue weighted by Crippen LogP contribution is -1.93. The summed E-state index contributed by atoms with van der Waals surface area (Å²) in [7, 11) is 0. The van der Waals surface area contributed by atoms with Gasteiger partial charge < -0.3 is 4.98 Å². The topological polar surface area (TPSA) is 83.1 Å². The van der Waals surface area contributed by atoms with Crippen molar-refractivity contribution < 1.29 is 0 Å². The molecule has 0 aliphatic rings. The molecule has 0 saturated heterocycles. The van der Waals surface area contributed by atoms with Gasteiger partial charge in [-0.15, -0.1) is 10.2 Å². The van der Waals surface area contributed by atoms with E-state index in [1.165, 1.54) is 5.56 Å². The lowest BCUT2D eigenvalue weighted by atomic mass is 10.0. The summed E-state index contributed by atoms with van der Waals surface area (Å²) < 4.78 is 0. The van der Waals surface area contributed by atoms with E-state index in [2.05, 4.69) is 73.1 Å². The molecule has 0 aliphatic carbocycles. The summed E-state index contributed by atoms with van der Waals surface area (Å²) in [6, 6.07) is 25.0. The quantitative estimate of drug-likeness (QED) is 0.488. The molecule has 28 heavy (non-hydrogen) atoms. The molecule has 136 valence electrons. The van der Waals surface area contributed by atoms with Crippen LogP contribution in [0.5, 0.6) is 0 Å². The highest BCUT2D eigenvalue weighted by atomic mass is 15.5. The van der Waals surface area contributed by atoms with Crippen molar-refractivity contribution in [3.05, 3.63) is 84.2 Å². The van der Waals surface area contributed by atoms with Gasteiger partial charge in [0.1, 0.15) is 5.82 Å². The average Bonchev–Trinajstić information content (AvgIpc) is 3.42. The molecule has 5 aromatic rings. The molecule has 3 aromatic carbocycles. The fourth-order valence-electron chi connectivity index (χ4n) is 3.37. The minimum absolute atomic E-state index is 0.601. The molecule has 2 aromatic heterocycles. The molecule has 0 atom stereocenters. The molecule has 0 aliphatic heterocycles. The van der Waals surface area contributed by atoms with Crippen molar-refractivity contribution in [3.8, 4) is 22.5 Å². The lowest BCUT2D eigenvalue weighted by molar-refractivity contribution is 0.881. The van der Waals surface area contributed by atoms with Crippen molar-refractivity contribution >= 4 is 11.0 Å². The highest BCUT2D eigenvalue weighted by Gasteiger charge is 2.06. The smallest absolute Gasteiger partial charge is 0.204 e. The van der Waals surface area contributed by atoms with Crippen LogP contribution in [0.1, 0.15) is 11.4 Å². The molecule has 5 rings (SSSR count). The Morgan fingerprint density at radius 3 is 2.43 bits per heavy atom. The van der Waals surface area contributed by atoms with Gasteiger partial charge in [-0.2, -0.15) is 5.21 Å². The van der Waals surface area contributed by atoms with Crippen LogP contribution in [0.25, 0.3) is 33.5 Å². The number of imidazole rings is 1. The highest BCUT2D eigenvalue weighted by molar-refractivity contribution is 5.74. The van der Waals surface area contributed by atoms with Crippen molar-refractivity contribution in [1.82, 2.24) is 30.6 Å². The number of hydrogen-bond acceptors (Lipinski definition) is 4. The summed E-state index contributed by atoms with van der Waals surface area (Å²) in [6.45, 7) is 0. The van der Waals surface area contributed by atoms with Crippen LogP contribution in [0.3, 0.4) is 0 Å². The van der Waals surface area contributed by atoms with Gasteiger partial charge in [-0.1, -0.05) is 54.6 Å². The molecule has 2 heterocycles. The number of aromatic amines is 2. The number of nitrogens with zero attached hydrogens (tertiary/aromatic N) is 4. The number of aromatic nitrogens is 6. The van der Waals surface area contributed by atoms with E-state index in [-0.39, 0.29) is 0 Å². The second kappa shape index (κ2) is 7.08. The van der Waals surface area contributed by atoms with Gasteiger partial charge in [-0.25, -0.2) is 4.98 Å². The number of benzene rings is 3. The number of nitrogens with one attached hydrogen (secondary N) is 2. The fraction of sp³-hybridized carbons (Fsp3) is 0.0909. The van der Waals surface area contributed by atoms with E-state index in [1.54, 1.807) is 0 Å². The lowest BCUT2D eigenvalue weighted by Gasteiger charge is -2.05. The van der Waals surface area contributed by atoms with Gasteiger partial charge in [0.2, 0.25) is 5.82 Å². The van der Waals surface area contributed by atoms with E-state index in [1.807, 2.05) is 30.3 Å². The molecular weight excluding hydrogens is 348 g/mol. The number of hydrogen-bond donors (Lipinski definition) is 2. The SMILES string of the molecule is c1cc(-c2ccc(CCc3nc4ccccc4[nH]3)cc2)cc(-c2nn[nH]n2)c1. The molecule has 6 heteroatoms. The van der Waals surface area contributed by atoms with E-state index in [0.717, 1.165) is 46.4 Å². The van der Waals surface area contributed by atoms with Crippen LogP contribution in [0, 0.1) is 0 Å². The first-order chi connectivity index (χ1) is 13.8. The van der Waals surface area contributed by atoms with Crippen LogP contribution in [-0.4, -0.2) is 30.6 Å². The van der Waals surface area contributed by atoms with E-state index in [9.17, 15) is 0 Å². The summed E-state index contributed by atoms with van der Waals surface area (Å²) in [5.41, 5.74) is 6.64. The maximum Gasteiger partial charge on any atom is 0.204 e. The zero-order valence-corrected chi connectivity index (χ0v) is 15.1. The van der Waals surface area contributed by atoms with Crippen molar-refractivity contribution in [1.29, 1.82) is 0 Å². The molecule has 2 N–H and O–H groups in total. The van der Waals surface area contributed by atoms with Crippen LogP contribution in [-0.2, 0) is 12.8 Å². The Labute approximate surface area is 161 Å². The predicted octanol–water partition coefficient (Wildman–Crippen LogP) is 4.20. The van der Waals surface area contributed by atoms with Crippen LogP contribution in [0.15, 0.2) is 72.8 Å². The third kappa shape index (κ3) is 3.27. The number of fused-ring (bicyclic) bond motifs is 1. The summed E-state index contributed by atoms with van der Waals surface area (Å²) in [6.07, 6.45) is 1.84. The highest BCUT2D eigenvalue weighted by Crippen LogP contribution is 2.24. The van der Waals surface area contributed by atoms with Crippen LogP contribution < -0.4 is 0 Å². The van der Waals surface area contributed by atoms with Gasteiger partial charge in [0.05, 0.1) is 11.0 Å². The van der Waals surface area contributed by atoms with E-state index >= 15 is 0 Å². The molecule has 0 radical (unpaired) electrons. The predicted molar refractivity (Wildman–Crippen MR) is 109 cm³/mol. The summed E-state index contributed by atoms with van der Waals surface area (Å²) in [5.74, 6) is 1.63. The third-order valence-corrected chi connectivity index (χ3v) is 4.84. The van der Waals surface area contributed by atoms with Gasteiger partial charge in [-0.3, -0.25) is 0 Å². The van der Waals surface area contributed by atoms with Crippen molar-refractivity contribution in [2.24, 2.45) is 0 Å². The van der Waals surface area contributed by atoms with Gasteiger partial charge in [-0.05, 0) is 46.5 Å². The Morgan fingerprint density at radius 2 is 1.61 bits per heavy atom. The summed E-state index contributed by atoms with van der Waals surface area (Å²) in [4.78, 5) is 8.04. The first-order valence-corrected chi connectivity index (χ1v) is 9.22. The fourth-order valence-corrected chi connectivity index (χ4v) is 3.37. The second-order valence-electron chi connectivity index (χ2n) is 6.71. The zero-order valence-electron chi connectivity index (χ0n) is 15.1. The summed E-state index contributed by atoms with van der Waals surface area (Å²) in [5, 5.41) is 14.2. The number of para-hydroxylation sites is 2. The standard InChI is InChI=1S/C22H18N6/c1-2-7-20-19(6-1)23-21(24-20)13-10-15-8-11-16(12-9-15)17-4-3-5-18(14-17)22-25-27-28-26-22/h1-9,11-12,14H,10,13H2,(H,23,24)(H,25,26,27,28). The average molecular weight is 366 g/mol. The van der Waals surface area contributed by atoms with Gasteiger partial charge in [0.15, 0.2) is 0 Å². The van der Waals surface area contributed by atoms with Crippen LogP contribution >= 0.6 is 0 Å². The van der Waals surface area contributed by atoms with Gasteiger partial charge in [0, 0.05) is 12.0 Å². The number of H-pyrrole nitrogens is 2. The van der Waals surface area contributed by atoms with Gasteiger partial charge >= 0.3 is 0 Å². The van der Waals surface area contributed by atoms with Crippen molar-refractivity contribution in [2.75, 3.05) is 0 Å². The number of tetrazole rings is 1. The first-order valence-electron chi connectivity index (χ1n) is 9.22. The Kier molecular flexibility index (Phi) is 4.14. The van der Waals surface area contributed by atoms with E-state index in [4.69, 9.17) is 0 Å². The van der Waals surface area contributed by atoms with Crippen molar-refractivity contribution in [2.45, 2.75) is 12.8 Å². The maximum absolute atomic E-state index is 4.65. The molecule has 6 nitrogen and oxygen atoms in total. The normalized spacial score (nSPS) is 11.1. The minimum atomic E-state index is 0.601. The van der Waals surface area contributed by atoms with Crippen LogP contribution in [0.2, 0.25) is 0 Å². The molecule has 0 bridgehead atoms. The Bertz CT molecular complexity index is 1170. The number of rotatable bonds is 5. The molecule has 0 spiro atoms. The molecular formula is C22H18N6. The second-order valence-corrected chi connectivity index (χ2v) is 6.71. The van der Waals surface area contributed by atoms with E-state index in [0.29, 0.717) is 5.82 Å². The first kappa shape index (κ1) is 16.4.